The Balaban J connectivity index is 2.65. The minimum atomic E-state index is -0.565. The van der Waals surface area contributed by atoms with Crippen LogP contribution >= 0.6 is 0 Å². The molecule has 0 atom stereocenters. The number of hydrazine groups is 1. The van der Waals surface area contributed by atoms with Crippen molar-refractivity contribution in [2.45, 2.75) is 6.92 Å². The van der Waals surface area contributed by atoms with Crippen LogP contribution in [0.4, 0.5) is 10.1 Å². The van der Waals surface area contributed by atoms with Gasteiger partial charge in [-0.3, -0.25) is 10.6 Å². The highest BCUT2D eigenvalue weighted by atomic mass is 19.1. The quantitative estimate of drug-likeness (QED) is 0.392. The van der Waals surface area contributed by atoms with E-state index in [4.69, 9.17) is 10.6 Å². The third-order valence-electron chi connectivity index (χ3n) is 2.14. The first kappa shape index (κ1) is 13.4. The SMILES string of the molecule is CCOCCNC(=O)c1cccc(F)c1NN. The Morgan fingerprint density at radius 2 is 2.29 bits per heavy atom. The Morgan fingerprint density at radius 1 is 1.53 bits per heavy atom. The molecule has 0 aliphatic carbocycles. The number of halogens is 1. The van der Waals surface area contributed by atoms with Gasteiger partial charge in [-0.1, -0.05) is 6.07 Å². The van der Waals surface area contributed by atoms with Gasteiger partial charge in [0.1, 0.15) is 5.82 Å². The first-order chi connectivity index (χ1) is 8.20. The Morgan fingerprint density at radius 3 is 2.94 bits per heavy atom. The first-order valence-corrected chi connectivity index (χ1v) is 5.31. The lowest BCUT2D eigenvalue weighted by Crippen LogP contribution is -2.28. The molecule has 1 aromatic carbocycles. The van der Waals surface area contributed by atoms with Crippen molar-refractivity contribution < 1.29 is 13.9 Å². The lowest BCUT2D eigenvalue weighted by molar-refractivity contribution is 0.0923. The van der Waals surface area contributed by atoms with Crippen molar-refractivity contribution in [1.29, 1.82) is 0 Å². The van der Waals surface area contributed by atoms with E-state index in [0.717, 1.165) is 0 Å². The van der Waals surface area contributed by atoms with E-state index in [9.17, 15) is 9.18 Å². The van der Waals surface area contributed by atoms with Crippen LogP contribution in [0.15, 0.2) is 18.2 Å². The van der Waals surface area contributed by atoms with Gasteiger partial charge in [-0.2, -0.15) is 0 Å². The van der Waals surface area contributed by atoms with Crippen molar-refractivity contribution in [3.8, 4) is 0 Å². The van der Waals surface area contributed by atoms with Gasteiger partial charge in [0.25, 0.3) is 5.91 Å². The third-order valence-corrected chi connectivity index (χ3v) is 2.14. The van der Waals surface area contributed by atoms with Gasteiger partial charge >= 0.3 is 0 Å². The van der Waals surface area contributed by atoms with Gasteiger partial charge in [0, 0.05) is 13.2 Å². The molecule has 0 bridgehead atoms. The number of hydrogen-bond donors (Lipinski definition) is 3. The Hall–Kier alpha value is -1.66. The molecular formula is C11H16FN3O2. The van der Waals surface area contributed by atoms with Gasteiger partial charge in [0.05, 0.1) is 17.9 Å². The number of nitrogens with two attached hydrogens (primary N) is 1. The number of carbonyl (C=O) groups excluding carboxylic acids is 1. The van der Waals surface area contributed by atoms with E-state index in [0.29, 0.717) is 19.8 Å². The molecule has 0 aliphatic rings. The van der Waals surface area contributed by atoms with Crippen LogP contribution in [0.25, 0.3) is 0 Å². The number of benzene rings is 1. The van der Waals surface area contributed by atoms with Crippen molar-refractivity contribution in [3.05, 3.63) is 29.6 Å². The van der Waals surface area contributed by atoms with Crippen LogP contribution in [-0.2, 0) is 4.74 Å². The van der Waals surface area contributed by atoms with Crippen LogP contribution in [0.2, 0.25) is 0 Å². The summed E-state index contributed by atoms with van der Waals surface area (Å²) in [5, 5.41) is 2.61. The minimum absolute atomic E-state index is 0.0126. The van der Waals surface area contributed by atoms with Crippen LogP contribution in [-0.4, -0.2) is 25.7 Å². The summed E-state index contributed by atoms with van der Waals surface area (Å²) in [6.45, 7) is 3.24. The molecule has 0 radical (unpaired) electrons. The molecule has 94 valence electrons. The average molecular weight is 241 g/mol. The molecule has 0 aromatic heterocycles. The number of para-hydroxylation sites is 1. The number of anilines is 1. The molecule has 0 fully saturated rings. The van der Waals surface area contributed by atoms with E-state index >= 15 is 0 Å². The van der Waals surface area contributed by atoms with Crippen molar-refractivity contribution in [2.75, 3.05) is 25.2 Å². The molecule has 0 spiro atoms. The van der Waals surface area contributed by atoms with Crippen LogP contribution in [0.3, 0.4) is 0 Å². The molecule has 0 heterocycles. The highest BCUT2D eigenvalue weighted by Crippen LogP contribution is 2.18. The lowest BCUT2D eigenvalue weighted by atomic mass is 10.1. The normalized spacial score (nSPS) is 10.1. The van der Waals surface area contributed by atoms with Gasteiger partial charge in [-0.15, -0.1) is 0 Å². The summed E-state index contributed by atoms with van der Waals surface area (Å²) in [6, 6.07) is 4.17. The standard InChI is InChI=1S/C11H16FN3O2/c1-2-17-7-6-14-11(16)8-4-3-5-9(12)10(8)15-13/h3-5,15H,2,6-7,13H2,1H3,(H,14,16). The molecule has 5 nitrogen and oxygen atoms in total. The monoisotopic (exact) mass is 241 g/mol. The second-order valence-corrected chi connectivity index (χ2v) is 3.26. The van der Waals surface area contributed by atoms with Crippen LogP contribution in [0.1, 0.15) is 17.3 Å². The summed E-state index contributed by atoms with van der Waals surface area (Å²) >= 11 is 0. The lowest BCUT2D eigenvalue weighted by Gasteiger charge is -2.10. The van der Waals surface area contributed by atoms with Crippen molar-refractivity contribution in [2.24, 2.45) is 5.84 Å². The van der Waals surface area contributed by atoms with Gasteiger partial charge in [-0.25, -0.2) is 4.39 Å². The molecule has 6 heteroatoms. The van der Waals surface area contributed by atoms with Crippen LogP contribution < -0.4 is 16.6 Å². The zero-order valence-corrected chi connectivity index (χ0v) is 9.63. The summed E-state index contributed by atoms with van der Waals surface area (Å²) in [5.74, 6) is 4.21. The Labute approximate surface area is 99.1 Å². The number of nitrogens with one attached hydrogen (secondary N) is 2. The molecule has 0 saturated carbocycles. The fourth-order valence-electron chi connectivity index (χ4n) is 1.34. The van der Waals surface area contributed by atoms with Gasteiger partial charge in [0.2, 0.25) is 0 Å². The summed E-state index contributed by atoms with van der Waals surface area (Å²) in [6.07, 6.45) is 0. The van der Waals surface area contributed by atoms with E-state index < -0.39 is 11.7 Å². The molecule has 1 rings (SSSR count). The van der Waals surface area contributed by atoms with E-state index in [-0.39, 0.29) is 11.3 Å². The summed E-state index contributed by atoms with van der Waals surface area (Å²) in [5.41, 5.74) is 2.34. The largest absolute Gasteiger partial charge is 0.380 e. The first-order valence-electron chi connectivity index (χ1n) is 5.31. The van der Waals surface area contributed by atoms with Gasteiger partial charge in [-0.05, 0) is 19.1 Å². The summed E-state index contributed by atoms with van der Waals surface area (Å²) in [4.78, 5) is 11.7. The zero-order valence-electron chi connectivity index (χ0n) is 9.63. The number of carbonyl (C=O) groups is 1. The highest BCUT2D eigenvalue weighted by Gasteiger charge is 2.13. The highest BCUT2D eigenvalue weighted by molar-refractivity contribution is 5.99. The second-order valence-electron chi connectivity index (χ2n) is 3.26. The van der Waals surface area contributed by atoms with E-state index in [1.807, 2.05) is 6.92 Å². The Bertz CT molecular complexity index is 385. The fraction of sp³-hybridized carbons (Fsp3) is 0.364. The van der Waals surface area contributed by atoms with E-state index in [2.05, 4.69) is 10.7 Å². The van der Waals surface area contributed by atoms with Crippen molar-refractivity contribution >= 4 is 11.6 Å². The molecule has 1 aromatic rings. The predicted octanol–water partition coefficient (Wildman–Crippen LogP) is 0.878. The number of nitrogen functional groups attached to an aromatic ring is 1. The molecular weight excluding hydrogens is 225 g/mol. The molecule has 4 N–H and O–H groups in total. The predicted molar refractivity (Wildman–Crippen MR) is 63.0 cm³/mol. The fourth-order valence-corrected chi connectivity index (χ4v) is 1.34. The second kappa shape index (κ2) is 6.82. The zero-order chi connectivity index (χ0) is 12.7. The van der Waals surface area contributed by atoms with Gasteiger partial charge < -0.3 is 15.5 Å². The maximum atomic E-state index is 13.3. The number of rotatable bonds is 6. The third kappa shape index (κ3) is 3.69. The minimum Gasteiger partial charge on any atom is -0.380 e. The van der Waals surface area contributed by atoms with Crippen molar-refractivity contribution in [3.63, 3.8) is 0 Å². The summed E-state index contributed by atoms with van der Waals surface area (Å²) in [7, 11) is 0. The maximum absolute atomic E-state index is 13.3. The molecule has 1 amide bonds. The van der Waals surface area contributed by atoms with Gasteiger partial charge in [0.15, 0.2) is 0 Å². The molecule has 0 saturated heterocycles. The van der Waals surface area contributed by atoms with Crippen LogP contribution in [0, 0.1) is 5.82 Å². The molecule has 17 heavy (non-hydrogen) atoms. The molecule has 0 unspecified atom stereocenters. The van der Waals surface area contributed by atoms with Crippen LogP contribution in [0.5, 0.6) is 0 Å². The average Bonchev–Trinajstić information content (AvgIpc) is 2.34. The molecule has 0 aliphatic heterocycles. The number of amides is 1. The van der Waals surface area contributed by atoms with E-state index in [1.54, 1.807) is 0 Å². The summed E-state index contributed by atoms with van der Waals surface area (Å²) < 4.78 is 18.4. The smallest absolute Gasteiger partial charge is 0.253 e. The topological polar surface area (TPSA) is 76.4 Å². The number of ether oxygens (including phenoxy) is 1. The Kier molecular flexibility index (Phi) is 5.38. The number of hydrogen-bond acceptors (Lipinski definition) is 4. The van der Waals surface area contributed by atoms with Crippen molar-refractivity contribution in [1.82, 2.24) is 5.32 Å². The van der Waals surface area contributed by atoms with E-state index in [1.165, 1.54) is 18.2 Å². The maximum Gasteiger partial charge on any atom is 0.253 e.